The van der Waals surface area contributed by atoms with Crippen LogP contribution in [0.4, 0.5) is 5.82 Å². The van der Waals surface area contributed by atoms with Gasteiger partial charge in [-0.05, 0) is 42.2 Å². The zero-order chi connectivity index (χ0) is 30.3. The van der Waals surface area contributed by atoms with Gasteiger partial charge in [-0.1, -0.05) is 39.0 Å². The molecule has 1 N–H and O–H groups in total. The van der Waals surface area contributed by atoms with Crippen LogP contribution in [0.5, 0.6) is 29.1 Å². The minimum Gasteiger partial charge on any atom is -0.497 e. The van der Waals surface area contributed by atoms with E-state index in [2.05, 4.69) is 24.7 Å². The van der Waals surface area contributed by atoms with E-state index in [1.807, 2.05) is 20.8 Å². The molecular formula is C29H31N5O7S. The fourth-order valence-corrected chi connectivity index (χ4v) is 4.58. The second kappa shape index (κ2) is 12.8. The summed E-state index contributed by atoms with van der Waals surface area (Å²) in [6, 6.07) is 13.4. The number of carbonyl (C=O) groups excluding carboxylic acids is 1. The second-order valence-electron chi connectivity index (χ2n) is 10.0. The van der Waals surface area contributed by atoms with Crippen molar-refractivity contribution in [3.05, 3.63) is 78.4 Å². The Labute approximate surface area is 244 Å². The van der Waals surface area contributed by atoms with Gasteiger partial charge in [-0.25, -0.2) is 23.4 Å². The highest BCUT2D eigenvalue weighted by atomic mass is 32.2. The first kappa shape index (κ1) is 30.2. The number of hydrogen-bond donors (Lipinski definition) is 1. The summed E-state index contributed by atoms with van der Waals surface area (Å²) in [5, 5.41) is 0. The molecule has 0 amide bonds. The summed E-state index contributed by atoms with van der Waals surface area (Å²) in [6.45, 7) is 7.54. The summed E-state index contributed by atoms with van der Waals surface area (Å²) in [7, 11) is -2.54. The van der Waals surface area contributed by atoms with Gasteiger partial charge in [-0.2, -0.15) is 4.98 Å². The number of sulfonamides is 1. The van der Waals surface area contributed by atoms with Gasteiger partial charge in [0.25, 0.3) is 15.9 Å². The van der Waals surface area contributed by atoms with Crippen molar-refractivity contribution in [3.63, 3.8) is 0 Å². The number of ketones is 1. The minimum atomic E-state index is -4.06. The molecule has 0 radical (unpaired) electrons. The van der Waals surface area contributed by atoms with Crippen LogP contribution >= 0.6 is 0 Å². The molecule has 12 nitrogen and oxygen atoms in total. The average molecular weight is 594 g/mol. The van der Waals surface area contributed by atoms with Crippen molar-refractivity contribution < 1.29 is 32.2 Å². The molecule has 0 aliphatic carbocycles. The number of nitrogens with one attached hydrogen (secondary N) is 1. The van der Waals surface area contributed by atoms with Gasteiger partial charge in [-0.15, -0.1) is 0 Å². The molecule has 42 heavy (non-hydrogen) atoms. The molecule has 2 heterocycles. The van der Waals surface area contributed by atoms with E-state index in [0.29, 0.717) is 17.1 Å². The summed E-state index contributed by atoms with van der Waals surface area (Å²) in [5.41, 5.74) is 1.21. The first-order chi connectivity index (χ1) is 20.0. The van der Waals surface area contributed by atoms with E-state index in [-0.39, 0.29) is 52.8 Å². The van der Waals surface area contributed by atoms with Crippen molar-refractivity contribution in [2.45, 2.75) is 38.0 Å². The number of Topliss-reactive ketones (excluding diaryl/α,β-unsaturated/α-hetero) is 1. The quantitative estimate of drug-likeness (QED) is 0.178. The molecule has 4 rings (SSSR count). The van der Waals surface area contributed by atoms with Crippen LogP contribution in [-0.4, -0.2) is 54.5 Å². The molecule has 0 saturated carbocycles. The average Bonchev–Trinajstić information content (AvgIpc) is 2.96. The van der Waals surface area contributed by atoms with E-state index in [4.69, 9.17) is 18.9 Å². The monoisotopic (exact) mass is 593 g/mol. The van der Waals surface area contributed by atoms with Gasteiger partial charge in [0, 0.05) is 18.5 Å². The largest absolute Gasteiger partial charge is 0.497 e. The highest BCUT2D eigenvalue weighted by molar-refractivity contribution is 7.92. The number of nitrogens with zero attached hydrogens (tertiary/aromatic N) is 4. The SMILES string of the molecule is COc1cccc(Oc2c(NS(=O)(=O)c3ccc(C(C)(C)C)cc3)ncnc2OCCOc2ncc(C(C)=O)cn2)c1. The molecule has 13 heteroatoms. The molecule has 0 bridgehead atoms. The molecule has 2 aromatic heterocycles. The highest BCUT2D eigenvalue weighted by Crippen LogP contribution is 2.37. The fraction of sp³-hybridized carbons (Fsp3) is 0.276. The summed E-state index contributed by atoms with van der Waals surface area (Å²) >= 11 is 0. The zero-order valence-electron chi connectivity index (χ0n) is 23.8. The van der Waals surface area contributed by atoms with Crippen molar-refractivity contribution in [3.8, 4) is 29.1 Å². The normalized spacial score (nSPS) is 11.5. The number of hydrogen-bond acceptors (Lipinski definition) is 11. The molecule has 4 aromatic rings. The van der Waals surface area contributed by atoms with Gasteiger partial charge in [0.15, 0.2) is 11.6 Å². The van der Waals surface area contributed by atoms with Crippen LogP contribution in [0.3, 0.4) is 0 Å². The van der Waals surface area contributed by atoms with E-state index in [9.17, 15) is 13.2 Å². The Hall–Kier alpha value is -4.78. The number of methoxy groups -OCH3 is 1. The predicted molar refractivity (Wildman–Crippen MR) is 154 cm³/mol. The third-order valence-electron chi connectivity index (χ3n) is 5.88. The van der Waals surface area contributed by atoms with Crippen LogP contribution < -0.4 is 23.7 Å². The number of anilines is 1. The molecule has 0 atom stereocenters. The van der Waals surface area contributed by atoms with Crippen molar-refractivity contribution in [2.75, 3.05) is 25.0 Å². The molecule has 0 saturated heterocycles. The first-order valence-corrected chi connectivity index (χ1v) is 14.3. The summed E-state index contributed by atoms with van der Waals surface area (Å²) in [4.78, 5) is 27.7. The van der Waals surface area contributed by atoms with Crippen molar-refractivity contribution in [1.82, 2.24) is 19.9 Å². The molecule has 0 aliphatic rings. The van der Waals surface area contributed by atoms with E-state index in [1.54, 1.807) is 36.4 Å². The fourth-order valence-electron chi connectivity index (χ4n) is 3.57. The predicted octanol–water partition coefficient (Wildman–Crippen LogP) is 4.83. The standard InChI is InChI=1S/C29H31N5O7S/c1-19(35)20-16-30-28(31-17-20)40-14-13-39-27-25(41-23-8-6-7-22(15-23)38-5)26(32-18-33-27)34-42(36,37)24-11-9-21(10-12-24)29(2,3)4/h6-12,15-18H,13-14H2,1-5H3,(H,32,33,34). The highest BCUT2D eigenvalue weighted by Gasteiger charge is 2.23. The lowest BCUT2D eigenvalue weighted by Gasteiger charge is -2.19. The van der Waals surface area contributed by atoms with Gasteiger partial charge in [0.05, 0.1) is 17.6 Å². The lowest BCUT2D eigenvalue weighted by molar-refractivity contribution is 0.101. The maximum absolute atomic E-state index is 13.3. The lowest BCUT2D eigenvalue weighted by atomic mass is 9.87. The third-order valence-corrected chi connectivity index (χ3v) is 7.24. The number of benzene rings is 2. The van der Waals surface area contributed by atoms with Crippen LogP contribution in [0.15, 0.2) is 72.1 Å². The molecule has 0 unspecified atom stereocenters. The van der Waals surface area contributed by atoms with Gasteiger partial charge in [0.2, 0.25) is 5.75 Å². The smallest absolute Gasteiger partial charge is 0.316 e. The first-order valence-electron chi connectivity index (χ1n) is 12.8. The van der Waals surface area contributed by atoms with E-state index >= 15 is 0 Å². The third kappa shape index (κ3) is 7.69. The molecule has 0 spiro atoms. The van der Waals surface area contributed by atoms with Crippen LogP contribution in [-0.2, 0) is 15.4 Å². The Morgan fingerprint density at radius 1 is 0.905 bits per heavy atom. The molecule has 220 valence electrons. The molecule has 0 aliphatic heterocycles. The van der Waals surface area contributed by atoms with Gasteiger partial charge in [-0.3, -0.25) is 9.52 Å². The number of ether oxygens (including phenoxy) is 4. The minimum absolute atomic E-state index is 0.0171. The van der Waals surface area contributed by atoms with Crippen molar-refractivity contribution in [1.29, 1.82) is 0 Å². The van der Waals surface area contributed by atoms with Crippen molar-refractivity contribution in [2.24, 2.45) is 0 Å². The Morgan fingerprint density at radius 2 is 1.57 bits per heavy atom. The maximum atomic E-state index is 13.3. The number of rotatable bonds is 12. The molecule has 0 fully saturated rings. The van der Waals surface area contributed by atoms with E-state index in [1.165, 1.54) is 38.6 Å². The van der Waals surface area contributed by atoms with Crippen molar-refractivity contribution >= 4 is 21.6 Å². The van der Waals surface area contributed by atoms with Gasteiger partial charge < -0.3 is 18.9 Å². The van der Waals surface area contributed by atoms with Crippen LogP contribution in [0.2, 0.25) is 0 Å². The Bertz CT molecular complexity index is 1640. The van der Waals surface area contributed by atoms with Crippen LogP contribution in [0, 0.1) is 0 Å². The zero-order valence-corrected chi connectivity index (χ0v) is 24.6. The Kier molecular flexibility index (Phi) is 9.21. The summed E-state index contributed by atoms with van der Waals surface area (Å²) < 4.78 is 51.7. The molecular weight excluding hydrogens is 562 g/mol. The second-order valence-corrected chi connectivity index (χ2v) is 11.7. The van der Waals surface area contributed by atoms with E-state index in [0.717, 1.165) is 11.9 Å². The van der Waals surface area contributed by atoms with Gasteiger partial charge in [0.1, 0.15) is 31.0 Å². The van der Waals surface area contributed by atoms with Gasteiger partial charge >= 0.3 is 6.01 Å². The number of carbonyl (C=O) groups is 1. The van der Waals surface area contributed by atoms with Crippen LogP contribution in [0.1, 0.15) is 43.6 Å². The summed E-state index contributed by atoms with van der Waals surface area (Å²) in [6.07, 6.45) is 3.88. The Morgan fingerprint density at radius 3 is 2.21 bits per heavy atom. The summed E-state index contributed by atoms with van der Waals surface area (Å²) in [5.74, 6) is 0.460. The van der Waals surface area contributed by atoms with Crippen LogP contribution in [0.25, 0.3) is 0 Å². The Balaban J connectivity index is 1.57. The number of aromatic nitrogens is 4. The van der Waals surface area contributed by atoms with E-state index < -0.39 is 10.0 Å². The topological polar surface area (TPSA) is 152 Å². The lowest BCUT2D eigenvalue weighted by Crippen LogP contribution is -2.17. The maximum Gasteiger partial charge on any atom is 0.316 e. The molecule has 2 aromatic carbocycles.